The lowest BCUT2D eigenvalue weighted by molar-refractivity contribution is 0.0585. The second-order valence-corrected chi connectivity index (χ2v) is 3.12. The highest BCUT2D eigenvalue weighted by atomic mass is 16.5. The van der Waals surface area contributed by atoms with Gasteiger partial charge in [0.05, 0.1) is 26.4 Å². The van der Waals surface area contributed by atoms with Crippen molar-refractivity contribution >= 4 is 5.97 Å². The van der Waals surface area contributed by atoms with Crippen LogP contribution in [0.1, 0.15) is 22.5 Å². The number of H-pyrrole nitrogens is 1. The zero-order chi connectivity index (χ0) is 10.7. The Morgan fingerprint density at radius 3 is 3.20 bits per heavy atom. The largest absolute Gasteiger partial charge is 0.463 e. The molecule has 0 aliphatic carbocycles. The quantitative estimate of drug-likeness (QED) is 0.627. The molecule has 1 aromatic rings. The average Bonchev–Trinajstić information content (AvgIpc) is 2.78. The van der Waals surface area contributed by atoms with Gasteiger partial charge in [-0.25, -0.2) is 9.78 Å². The Bertz CT molecular complexity index is 345. The molecule has 2 rings (SSSR count). The van der Waals surface area contributed by atoms with Crippen LogP contribution in [0.15, 0.2) is 0 Å². The fraction of sp³-hybridized carbons (Fsp3) is 0.625. The molecular weight excluding hydrogens is 200 g/mol. The first-order valence-electron chi connectivity index (χ1n) is 4.63. The van der Waals surface area contributed by atoms with E-state index >= 15 is 0 Å². The minimum Gasteiger partial charge on any atom is -0.463 e. The summed E-state index contributed by atoms with van der Waals surface area (Å²) in [5.41, 5.74) is 0. The predicted octanol–water partition coefficient (Wildman–Crippen LogP) is -0.748. The molecule has 15 heavy (non-hydrogen) atoms. The molecule has 7 nitrogen and oxygen atoms in total. The predicted molar refractivity (Wildman–Crippen MR) is 49.3 cm³/mol. The molecule has 7 heteroatoms. The van der Waals surface area contributed by atoms with Gasteiger partial charge in [-0.1, -0.05) is 0 Å². The number of nitrogens with zero attached hydrogens (tertiary/aromatic N) is 2. The number of morpholine rings is 1. The molecule has 1 aliphatic rings. The van der Waals surface area contributed by atoms with Gasteiger partial charge in [-0.3, -0.25) is 5.10 Å². The van der Waals surface area contributed by atoms with E-state index in [0.29, 0.717) is 19.0 Å². The van der Waals surface area contributed by atoms with Crippen molar-refractivity contribution in [3.8, 4) is 0 Å². The summed E-state index contributed by atoms with van der Waals surface area (Å²) in [4.78, 5) is 15.1. The highest BCUT2D eigenvalue weighted by molar-refractivity contribution is 5.84. The van der Waals surface area contributed by atoms with Crippen molar-refractivity contribution in [1.82, 2.24) is 20.5 Å². The van der Waals surface area contributed by atoms with Crippen molar-refractivity contribution in [2.45, 2.75) is 6.04 Å². The number of carbonyl (C=O) groups excluding carboxylic acids is 1. The van der Waals surface area contributed by atoms with Crippen LogP contribution in [0.3, 0.4) is 0 Å². The number of aromatic amines is 1. The van der Waals surface area contributed by atoms with Gasteiger partial charge in [-0.05, 0) is 0 Å². The Morgan fingerprint density at radius 1 is 1.67 bits per heavy atom. The summed E-state index contributed by atoms with van der Waals surface area (Å²) in [6.07, 6.45) is 0. The van der Waals surface area contributed by atoms with E-state index in [4.69, 9.17) is 4.74 Å². The molecule has 1 aromatic heterocycles. The Hall–Kier alpha value is -1.47. The second kappa shape index (κ2) is 4.37. The van der Waals surface area contributed by atoms with Crippen LogP contribution in [0.25, 0.3) is 0 Å². The van der Waals surface area contributed by atoms with Crippen molar-refractivity contribution in [3.05, 3.63) is 11.6 Å². The molecule has 1 atom stereocenters. The van der Waals surface area contributed by atoms with Gasteiger partial charge in [0, 0.05) is 6.54 Å². The molecule has 2 heterocycles. The Balaban J connectivity index is 2.08. The van der Waals surface area contributed by atoms with Crippen LogP contribution < -0.4 is 5.32 Å². The van der Waals surface area contributed by atoms with E-state index in [1.807, 2.05) is 0 Å². The van der Waals surface area contributed by atoms with Crippen LogP contribution in [-0.4, -0.2) is 48.0 Å². The van der Waals surface area contributed by atoms with Crippen LogP contribution in [-0.2, 0) is 9.47 Å². The maximum Gasteiger partial charge on any atom is 0.377 e. The zero-order valence-electron chi connectivity index (χ0n) is 8.32. The van der Waals surface area contributed by atoms with Crippen molar-refractivity contribution < 1.29 is 14.3 Å². The van der Waals surface area contributed by atoms with E-state index in [-0.39, 0.29) is 11.9 Å². The van der Waals surface area contributed by atoms with Crippen molar-refractivity contribution in [3.63, 3.8) is 0 Å². The normalized spacial score (nSPS) is 21.3. The Kier molecular flexibility index (Phi) is 2.93. The SMILES string of the molecule is COC(=O)c1n[nH]c(C2COCCN2)n1. The average molecular weight is 212 g/mol. The summed E-state index contributed by atoms with van der Waals surface area (Å²) < 4.78 is 9.77. The van der Waals surface area contributed by atoms with E-state index in [2.05, 4.69) is 25.2 Å². The second-order valence-electron chi connectivity index (χ2n) is 3.12. The zero-order valence-corrected chi connectivity index (χ0v) is 8.32. The molecule has 1 fully saturated rings. The first-order chi connectivity index (χ1) is 7.31. The topological polar surface area (TPSA) is 89.1 Å². The molecular formula is C8H12N4O3. The molecule has 0 saturated carbocycles. The number of esters is 1. The Labute approximate surface area is 86.2 Å². The van der Waals surface area contributed by atoms with Gasteiger partial charge in [0.2, 0.25) is 0 Å². The van der Waals surface area contributed by atoms with Crippen LogP contribution in [0.4, 0.5) is 0 Å². The third-order valence-electron chi connectivity index (χ3n) is 2.12. The molecule has 1 aliphatic heterocycles. The maximum absolute atomic E-state index is 11.1. The number of ether oxygens (including phenoxy) is 2. The van der Waals surface area contributed by atoms with Gasteiger partial charge in [0.1, 0.15) is 5.82 Å². The number of nitrogens with one attached hydrogen (secondary N) is 2. The lowest BCUT2D eigenvalue weighted by Gasteiger charge is -2.21. The lowest BCUT2D eigenvalue weighted by atomic mass is 10.2. The summed E-state index contributed by atoms with van der Waals surface area (Å²) in [5.74, 6) is 0.0872. The van der Waals surface area contributed by atoms with E-state index in [1.165, 1.54) is 7.11 Å². The van der Waals surface area contributed by atoms with Crippen LogP contribution >= 0.6 is 0 Å². The van der Waals surface area contributed by atoms with Crippen molar-refractivity contribution in [2.24, 2.45) is 0 Å². The number of hydrogen-bond donors (Lipinski definition) is 2. The molecule has 0 radical (unpaired) electrons. The van der Waals surface area contributed by atoms with Gasteiger partial charge in [0.25, 0.3) is 5.82 Å². The summed E-state index contributed by atoms with van der Waals surface area (Å²) in [7, 11) is 1.29. The van der Waals surface area contributed by atoms with Gasteiger partial charge in [-0.2, -0.15) is 0 Å². The highest BCUT2D eigenvalue weighted by Crippen LogP contribution is 2.10. The summed E-state index contributed by atoms with van der Waals surface area (Å²) >= 11 is 0. The number of aromatic nitrogens is 3. The minimum absolute atomic E-state index is 0.0374. The molecule has 0 amide bonds. The minimum atomic E-state index is -0.547. The molecule has 0 bridgehead atoms. The highest BCUT2D eigenvalue weighted by Gasteiger charge is 2.21. The summed E-state index contributed by atoms with van der Waals surface area (Å²) in [6, 6.07) is -0.0374. The van der Waals surface area contributed by atoms with E-state index in [9.17, 15) is 4.79 Å². The van der Waals surface area contributed by atoms with E-state index < -0.39 is 5.97 Å². The van der Waals surface area contributed by atoms with Gasteiger partial charge in [-0.15, -0.1) is 5.10 Å². The van der Waals surface area contributed by atoms with Gasteiger partial charge < -0.3 is 14.8 Å². The van der Waals surface area contributed by atoms with Crippen LogP contribution in [0.5, 0.6) is 0 Å². The first-order valence-corrected chi connectivity index (χ1v) is 4.63. The molecule has 0 aromatic carbocycles. The van der Waals surface area contributed by atoms with E-state index in [0.717, 1.165) is 6.54 Å². The molecule has 82 valence electrons. The monoisotopic (exact) mass is 212 g/mol. The fourth-order valence-electron chi connectivity index (χ4n) is 1.35. The number of methoxy groups -OCH3 is 1. The van der Waals surface area contributed by atoms with Crippen molar-refractivity contribution in [1.29, 1.82) is 0 Å². The number of hydrogen-bond acceptors (Lipinski definition) is 6. The van der Waals surface area contributed by atoms with Crippen LogP contribution in [0.2, 0.25) is 0 Å². The van der Waals surface area contributed by atoms with Crippen molar-refractivity contribution in [2.75, 3.05) is 26.9 Å². The lowest BCUT2D eigenvalue weighted by Crippen LogP contribution is -2.35. The van der Waals surface area contributed by atoms with E-state index in [1.54, 1.807) is 0 Å². The molecule has 0 spiro atoms. The maximum atomic E-state index is 11.1. The first kappa shape index (κ1) is 10.1. The summed E-state index contributed by atoms with van der Waals surface area (Å²) in [5, 5.41) is 9.64. The summed E-state index contributed by atoms with van der Waals surface area (Å²) in [6.45, 7) is 1.98. The fourth-order valence-corrected chi connectivity index (χ4v) is 1.35. The third kappa shape index (κ3) is 2.13. The molecule has 2 N–H and O–H groups in total. The number of rotatable bonds is 2. The van der Waals surface area contributed by atoms with Gasteiger partial charge >= 0.3 is 5.97 Å². The van der Waals surface area contributed by atoms with Crippen LogP contribution in [0, 0.1) is 0 Å². The number of carbonyl (C=O) groups is 1. The standard InChI is InChI=1S/C8H12N4O3/c1-14-8(13)7-10-6(11-12-7)5-4-15-3-2-9-5/h5,9H,2-4H2,1H3,(H,10,11,12). The molecule has 1 saturated heterocycles. The Morgan fingerprint density at radius 2 is 2.53 bits per heavy atom. The third-order valence-corrected chi connectivity index (χ3v) is 2.12. The smallest absolute Gasteiger partial charge is 0.377 e. The molecule has 1 unspecified atom stereocenters. The van der Waals surface area contributed by atoms with Gasteiger partial charge in [0.15, 0.2) is 0 Å².